The van der Waals surface area contributed by atoms with Crippen LogP contribution in [-0.2, 0) is 19.3 Å². The van der Waals surface area contributed by atoms with Crippen LogP contribution in [0.15, 0.2) is 12.1 Å². The molecule has 1 aliphatic heterocycles. The molecule has 1 atom stereocenters. The summed E-state index contributed by atoms with van der Waals surface area (Å²) in [4.78, 5) is 0. The molecule has 1 nitrogen and oxygen atoms in total. The molecular formula is C12H15N. The quantitative estimate of drug-likeness (QED) is 0.635. The Hall–Kier alpha value is -0.980. The van der Waals surface area contributed by atoms with Crippen LogP contribution >= 0.6 is 0 Å². The van der Waals surface area contributed by atoms with E-state index in [-0.39, 0.29) is 0 Å². The molecule has 0 aromatic heterocycles. The summed E-state index contributed by atoms with van der Waals surface area (Å²) in [6, 6.07) is 5.22. The van der Waals surface area contributed by atoms with E-state index in [1.165, 1.54) is 31.4 Å². The molecule has 0 bridgehead atoms. The molecule has 1 aromatic rings. The molecule has 3 rings (SSSR count). The van der Waals surface area contributed by atoms with Gasteiger partial charge < -0.3 is 5.32 Å². The van der Waals surface area contributed by atoms with E-state index in [2.05, 4.69) is 24.4 Å². The minimum Gasteiger partial charge on any atom is -0.382 e. The lowest BCUT2D eigenvalue weighted by atomic mass is 10.00. The van der Waals surface area contributed by atoms with E-state index in [1.54, 1.807) is 16.7 Å². The molecule has 0 radical (unpaired) electrons. The molecule has 1 unspecified atom stereocenters. The molecule has 0 saturated carbocycles. The molecule has 1 N–H and O–H groups in total. The number of fused-ring (bicyclic) bond motifs is 3. The topological polar surface area (TPSA) is 12.0 Å². The summed E-state index contributed by atoms with van der Waals surface area (Å²) in [6.07, 6.45) is 5.21. The summed E-state index contributed by atoms with van der Waals surface area (Å²) in [5.74, 6) is 0. The first-order valence-electron chi connectivity index (χ1n) is 5.25. The smallest absolute Gasteiger partial charge is 0.0378 e. The van der Waals surface area contributed by atoms with Gasteiger partial charge in [0.1, 0.15) is 0 Å². The van der Waals surface area contributed by atoms with Crippen molar-refractivity contribution in [3.63, 3.8) is 0 Å². The van der Waals surface area contributed by atoms with Gasteiger partial charge >= 0.3 is 0 Å². The van der Waals surface area contributed by atoms with Crippen molar-refractivity contribution in [3.05, 3.63) is 28.8 Å². The molecule has 0 spiro atoms. The zero-order chi connectivity index (χ0) is 8.84. The maximum atomic E-state index is 3.53. The fourth-order valence-electron chi connectivity index (χ4n) is 2.73. The number of aryl methyl sites for hydroxylation is 1. The van der Waals surface area contributed by atoms with E-state index >= 15 is 0 Å². The van der Waals surface area contributed by atoms with Crippen LogP contribution in [0.25, 0.3) is 0 Å². The van der Waals surface area contributed by atoms with Gasteiger partial charge in [-0.3, -0.25) is 0 Å². The summed E-state index contributed by atoms with van der Waals surface area (Å²) in [6.45, 7) is 2.27. The Balaban J connectivity index is 2.16. The Morgan fingerprint density at radius 1 is 1.23 bits per heavy atom. The van der Waals surface area contributed by atoms with Gasteiger partial charge in [0, 0.05) is 11.7 Å². The van der Waals surface area contributed by atoms with Gasteiger partial charge in [-0.1, -0.05) is 6.07 Å². The molecule has 1 aromatic carbocycles. The lowest BCUT2D eigenvalue weighted by Gasteiger charge is -2.05. The minimum atomic E-state index is 0.641. The molecule has 1 aliphatic carbocycles. The van der Waals surface area contributed by atoms with Crippen LogP contribution in [0.1, 0.15) is 30.0 Å². The molecule has 0 amide bonds. The summed E-state index contributed by atoms with van der Waals surface area (Å²) in [5.41, 5.74) is 6.28. The number of anilines is 1. The van der Waals surface area contributed by atoms with Crippen LogP contribution in [0, 0.1) is 0 Å². The summed E-state index contributed by atoms with van der Waals surface area (Å²) in [5, 5.41) is 3.53. The highest BCUT2D eigenvalue weighted by Gasteiger charge is 2.23. The Morgan fingerprint density at radius 2 is 2.15 bits per heavy atom. The van der Waals surface area contributed by atoms with Crippen molar-refractivity contribution in [1.82, 2.24) is 0 Å². The molecule has 0 saturated heterocycles. The monoisotopic (exact) mass is 173 g/mol. The molecule has 13 heavy (non-hydrogen) atoms. The van der Waals surface area contributed by atoms with E-state index < -0.39 is 0 Å². The van der Waals surface area contributed by atoms with Gasteiger partial charge in [-0.25, -0.2) is 0 Å². The number of benzene rings is 1. The van der Waals surface area contributed by atoms with E-state index in [4.69, 9.17) is 0 Å². The zero-order valence-electron chi connectivity index (χ0n) is 8.06. The van der Waals surface area contributed by atoms with Gasteiger partial charge in [0.05, 0.1) is 0 Å². The summed E-state index contributed by atoms with van der Waals surface area (Å²) in [7, 11) is 0. The molecular weight excluding hydrogens is 158 g/mol. The first-order valence-corrected chi connectivity index (χ1v) is 5.25. The maximum Gasteiger partial charge on any atom is 0.0378 e. The number of rotatable bonds is 0. The number of hydrogen-bond acceptors (Lipinski definition) is 1. The van der Waals surface area contributed by atoms with Crippen molar-refractivity contribution in [2.75, 3.05) is 5.32 Å². The van der Waals surface area contributed by atoms with Crippen LogP contribution in [0.2, 0.25) is 0 Å². The van der Waals surface area contributed by atoms with Gasteiger partial charge in [-0.2, -0.15) is 0 Å². The largest absolute Gasteiger partial charge is 0.382 e. The lowest BCUT2D eigenvalue weighted by molar-refractivity contribution is 0.829. The Labute approximate surface area is 79.2 Å². The summed E-state index contributed by atoms with van der Waals surface area (Å²) >= 11 is 0. The fraction of sp³-hybridized carbons (Fsp3) is 0.500. The van der Waals surface area contributed by atoms with Crippen molar-refractivity contribution < 1.29 is 0 Å². The Bertz CT molecular complexity index is 354. The number of nitrogens with one attached hydrogen (secondary N) is 1. The van der Waals surface area contributed by atoms with E-state index in [0.29, 0.717) is 6.04 Å². The highest BCUT2D eigenvalue weighted by molar-refractivity contribution is 5.62. The zero-order valence-corrected chi connectivity index (χ0v) is 8.06. The van der Waals surface area contributed by atoms with Crippen molar-refractivity contribution in [3.8, 4) is 0 Å². The third kappa shape index (κ3) is 0.995. The number of hydrogen-bond donors (Lipinski definition) is 1. The third-order valence-corrected chi connectivity index (χ3v) is 3.31. The van der Waals surface area contributed by atoms with Crippen molar-refractivity contribution in [1.29, 1.82) is 0 Å². The van der Waals surface area contributed by atoms with Crippen LogP contribution in [-0.4, -0.2) is 6.04 Å². The second-order valence-electron chi connectivity index (χ2n) is 4.33. The first-order chi connectivity index (χ1) is 6.34. The van der Waals surface area contributed by atoms with Crippen LogP contribution in [0.3, 0.4) is 0 Å². The van der Waals surface area contributed by atoms with Crippen LogP contribution < -0.4 is 5.32 Å². The van der Waals surface area contributed by atoms with Gasteiger partial charge in [-0.05, 0) is 55.4 Å². The average molecular weight is 173 g/mol. The van der Waals surface area contributed by atoms with Gasteiger partial charge in [0.2, 0.25) is 0 Å². The lowest BCUT2D eigenvalue weighted by Crippen LogP contribution is -2.08. The third-order valence-electron chi connectivity index (χ3n) is 3.31. The highest BCUT2D eigenvalue weighted by Crippen LogP contribution is 2.35. The van der Waals surface area contributed by atoms with Crippen LogP contribution in [0.4, 0.5) is 5.69 Å². The Kier molecular flexibility index (Phi) is 1.43. The van der Waals surface area contributed by atoms with Gasteiger partial charge in [0.25, 0.3) is 0 Å². The van der Waals surface area contributed by atoms with E-state index in [1.807, 2.05) is 0 Å². The van der Waals surface area contributed by atoms with Crippen molar-refractivity contribution >= 4 is 5.69 Å². The van der Waals surface area contributed by atoms with E-state index in [9.17, 15) is 0 Å². The average Bonchev–Trinajstić information content (AvgIpc) is 2.65. The summed E-state index contributed by atoms with van der Waals surface area (Å²) < 4.78 is 0. The minimum absolute atomic E-state index is 0.641. The molecule has 1 heteroatoms. The molecule has 68 valence electrons. The maximum absolute atomic E-state index is 3.53. The van der Waals surface area contributed by atoms with Gasteiger partial charge in [-0.15, -0.1) is 0 Å². The van der Waals surface area contributed by atoms with Crippen molar-refractivity contribution in [2.24, 2.45) is 0 Å². The second kappa shape index (κ2) is 2.50. The molecule has 1 heterocycles. The van der Waals surface area contributed by atoms with E-state index in [0.717, 1.165) is 0 Å². The standard InChI is InChI=1S/C12H15N/c1-8-7-11-10-4-2-3-9(10)5-6-12(11)13-8/h5-6,8,13H,2-4,7H2,1H3. The molecule has 2 aliphatic rings. The predicted molar refractivity (Wildman–Crippen MR) is 55.3 cm³/mol. The molecule has 0 fully saturated rings. The van der Waals surface area contributed by atoms with Crippen molar-refractivity contribution in [2.45, 2.75) is 38.6 Å². The van der Waals surface area contributed by atoms with Crippen LogP contribution in [0.5, 0.6) is 0 Å². The predicted octanol–water partition coefficient (Wildman–Crippen LogP) is 2.53. The Morgan fingerprint density at radius 3 is 3.08 bits per heavy atom. The first kappa shape index (κ1) is 7.43. The fourth-order valence-corrected chi connectivity index (χ4v) is 2.73. The SMILES string of the molecule is CC1Cc2c(ccc3c2CCC3)N1. The highest BCUT2D eigenvalue weighted by atomic mass is 14.9. The normalized spacial score (nSPS) is 23.9. The second-order valence-corrected chi connectivity index (χ2v) is 4.33. The van der Waals surface area contributed by atoms with Gasteiger partial charge in [0.15, 0.2) is 0 Å².